The molecule has 0 aromatic heterocycles. The molecule has 0 saturated carbocycles. The van der Waals surface area contributed by atoms with Crippen LogP contribution < -0.4 is 0 Å². The van der Waals surface area contributed by atoms with Crippen molar-refractivity contribution in [1.29, 1.82) is 0 Å². The summed E-state index contributed by atoms with van der Waals surface area (Å²) < 4.78 is 0. The van der Waals surface area contributed by atoms with Crippen LogP contribution >= 0.6 is 0 Å². The number of rotatable bonds is 0. The Labute approximate surface area is 337 Å². The zero-order chi connectivity index (χ0) is 42.4. The van der Waals surface area contributed by atoms with Crippen molar-refractivity contribution in [2.24, 2.45) is 0 Å². The van der Waals surface area contributed by atoms with Crippen LogP contribution in [0.5, 0.6) is 0 Å². The van der Waals surface area contributed by atoms with Gasteiger partial charge in [-0.05, 0) is 130 Å². The largest absolute Gasteiger partial charge is 0.0617 e. The molecule has 0 aliphatic rings. The zero-order valence-corrected chi connectivity index (χ0v) is 39.9. The maximum absolute atomic E-state index is 2.38. The van der Waals surface area contributed by atoms with Crippen LogP contribution in [0.15, 0.2) is 72.8 Å². The molecule has 300 valence electrons. The molecule has 54 heavy (non-hydrogen) atoms. The maximum atomic E-state index is 2.38. The Kier molecular flexibility index (Phi) is 16.5. The topological polar surface area (TPSA) is 0 Å². The molecule has 0 saturated heterocycles. The quantitative estimate of drug-likeness (QED) is 0.169. The summed E-state index contributed by atoms with van der Waals surface area (Å²) in [5.74, 6) is 0. The second-order valence-electron chi connectivity index (χ2n) is 22.2. The molecule has 4 aromatic rings. The molecule has 4 rings (SSSR count). The summed E-state index contributed by atoms with van der Waals surface area (Å²) in [6, 6.07) is 26.9. The fraction of sp³-hybridized carbons (Fsp3) is 0.556. The third kappa shape index (κ3) is 15.6. The molecule has 0 bridgehead atoms. The van der Waals surface area contributed by atoms with Crippen molar-refractivity contribution >= 4 is 0 Å². The van der Waals surface area contributed by atoms with Crippen molar-refractivity contribution in [3.8, 4) is 0 Å². The molecule has 0 heterocycles. The Morgan fingerprint density at radius 1 is 0.259 bits per heavy atom. The highest BCUT2D eigenvalue weighted by Crippen LogP contribution is 2.35. The molecule has 0 nitrogen and oxygen atoms in total. The average molecular weight is 733 g/mol. The summed E-state index contributed by atoms with van der Waals surface area (Å²) in [4.78, 5) is 0. The Hall–Kier alpha value is -3.12. The Bertz CT molecular complexity index is 1640. The summed E-state index contributed by atoms with van der Waals surface area (Å²) in [6.07, 6.45) is 0. The molecule has 0 atom stereocenters. The Morgan fingerprint density at radius 2 is 0.537 bits per heavy atom. The van der Waals surface area contributed by atoms with Crippen molar-refractivity contribution in [3.63, 3.8) is 0 Å². The van der Waals surface area contributed by atoms with Gasteiger partial charge in [-0.2, -0.15) is 0 Å². The molecule has 0 fully saturated rings. The first kappa shape index (κ1) is 48.9. The third-order valence-electron chi connectivity index (χ3n) is 10.1. The first-order valence-corrected chi connectivity index (χ1v) is 20.5. The van der Waals surface area contributed by atoms with Crippen LogP contribution in [0.1, 0.15) is 191 Å². The highest BCUT2D eigenvalue weighted by atomic mass is 14.3. The number of aryl methyl sites for hydroxylation is 6. The van der Waals surface area contributed by atoms with Crippen LogP contribution in [0.25, 0.3) is 0 Å². The van der Waals surface area contributed by atoms with Crippen LogP contribution in [0.2, 0.25) is 0 Å². The van der Waals surface area contributed by atoms with Crippen LogP contribution in [0, 0.1) is 41.5 Å². The van der Waals surface area contributed by atoms with E-state index in [1.165, 1.54) is 66.8 Å². The van der Waals surface area contributed by atoms with Gasteiger partial charge in [-0.1, -0.05) is 209 Å². The van der Waals surface area contributed by atoms with Gasteiger partial charge < -0.3 is 0 Å². The smallest absolute Gasteiger partial charge is 0.0127 e. The van der Waals surface area contributed by atoms with E-state index >= 15 is 0 Å². The lowest BCUT2D eigenvalue weighted by Gasteiger charge is -2.29. The highest BCUT2D eigenvalue weighted by molar-refractivity contribution is 5.42. The summed E-state index contributed by atoms with van der Waals surface area (Å²) >= 11 is 0. The van der Waals surface area contributed by atoms with E-state index in [-0.39, 0.29) is 32.5 Å². The van der Waals surface area contributed by atoms with Crippen LogP contribution in [-0.4, -0.2) is 0 Å². The molecular formula is C54H84. The fourth-order valence-electron chi connectivity index (χ4n) is 7.34. The normalized spacial score (nSPS) is 12.4. The number of hydrogen-bond acceptors (Lipinski definition) is 0. The molecular weight excluding hydrogens is 649 g/mol. The number of benzene rings is 4. The van der Waals surface area contributed by atoms with Gasteiger partial charge in [0.05, 0.1) is 0 Å². The molecule has 0 aliphatic carbocycles. The number of hydrogen-bond donors (Lipinski definition) is 0. The van der Waals surface area contributed by atoms with Crippen molar-refractivity contribution in [2.45, 2.75) is 199 Å². The second-order valence-corrected chi connectivity index (χ2v) is 22.2. The monoisotopic (exact) mass is 733 g/mol. The van der Waals surface area contributed by atoms with Gasteiger partial charge in [0.25, 0.3) is 0 Å². The molecule has 0 spiro atoms. The molecule has 0 radical (unpaired) electrons. The van der Waals surface area contributed by atoms with Gasteiger partial charge in [-0.3, -0.25) is 0 Å². The SMILES string of the molecule is CC(C)(C)c1cc(C(C)(C)C)cc(C(C)(C)C)c1.Cc1cc(C)c(C(C)(C)C)c(C)c1.Cc1ccc(C(C)(C)C)cc1.Cc1cccc(C)c1C(C)(C)C. The van der Waals surface area contributed by atoms with Gasteiger partial charge in [0.1, 0.15) is 0 Å². The third-order valence-corrected chi connectivity index (χ3v) is 10.1. The van der Waals surface area contributed by atoms with Gasteiger partial charge in [0, 0.05) is 0 Å². The maximum Gasteiger partial charge on any atom is -0.0127 e. The minimum Gasteiger partial charge on any atom is -0.0617 e. The fourth-order valence-corrected chi connectivity index (χ4v) is 7.34. The van der Waals surface area contributed by atoms with Crippen LogP contribution in [0.3, 0.4) is 0 Å². The Balaban J connectivity index is 0.000000367. The zero-order valence-electron chi connectivity index (χ0n) is 39.9. The summed E-state index contributed by atoms with van der Waals surface area (Å²) in [6.45, 7) is 54.0. The van der Waals surface area contributed by atoms with Gasteiger partial charge in [0.15, 0.2) is 0 Å². The average Bonchev–Trinajstić information content (AvgIpc) is 2.94. The Morgan fingerprint density at radius 3 is 0.778 bits per heavy atom. The summed E-state index contributed by atoms with van der Waals surface area (Å²) in [5, 5.41) is 0. The summed E-state index contributed by atoms with van der Waals surface area (Å²) in [5.41, 5.74) is 18.5. The molecule has 0 unspecified atom stereocenters. The van der Waals surface area contributed by atoms with Gasteiger partial charge in [0.2, 0.25) is 0 Å². The minimum atomic E-state index is 0.210. The van der Waals surface area contributed by atoms with E-state index in [9.17, 15) is 0 Å². The van der Waals surface area contributed by atoms with Crippen molar-refractivity contribution in [2.75, 3.05) is 0 Å². The van der Waals surface area contributed by atoms with E-state index in [0.29, 0.717) is 0 Å². The summed E-state index contributed by atoms with van der Waals surface area (Å²) in [7, 11) is 0. The van der Waals surface area contributed by atoms with E-state index in [0.717, 1.165) is 0 Å². The van der Waals surface area contributed by atoms with Gasteiger partial charge in [-0.25, -0.2) is 0 Å². The van der Waals surface area contributed by atoms with Crippen molar-refractivity contribution in [3.05, 3.63) is 140 Å². The van der Waals surface area contributed by atoms with Gasteiger partial charge >= 0.3 is 0 Å². The molecule has 0 N–H and O–H groups in total. The standard InChI is InChI=1S/C18H30.C13H20.C12H18.C11H16/c1-16(2,3)13-10-14(17(4,5)6)12-15(11-13)18(7,8)9;1-9-7-10(2)12(11(3)8-9)13(4,5)6;1-9-7-6-8-10(2)11(9)12(3,4)5;1-9-5-7-10(8-6-9)11(2,3)4/h10-12H,1-9H3;7-8H,1-6H3;6-8H,1-5H3;5-8H,1-4H3. The van der Waals surface area contributed by atoms with E-state index < -0.39 is 0 Å². The molecule has 0 aliphatic heterocycles. The first-order valence-electron chi connectivity index (χ1n) is 20.5. The predicted molar refractivity (Wildman–Crippen MR) is 246 cm³/mol. The van der Waals surface area contributed by atoms with E-state index in [2.05, 4.69) is 239 Å². The first-order chi connectivity index (χ1) is 24.1. The molecule has 0 amide bonds. The van der Waals surface area contributed by atoms with Crippen molar-refractivity contribution < 1.29 is 0 Å². The van der Waals surface area contributed by atoms with Crippen molar-refractivity contribution in [1.82, 2.24) is 0 Å². The van der Waals surface area contributed by atoms with Crippen LogP contribution in [-0.2, 0) is 32.5 Å². The lowest BCUT2D eigenvalue weighted by molar-refractivity contribution is 0.548. The predicted octanol–water partition coefficient (Wildman–Crippen LogP) is 16.4. The lowest BCUT2D eigenvalue weighted by Crippen LogP contribution is -2.20. The van der Waals surface area contributed by atoms with Gasteiger partial charge in [-0.15, -0.1) is 0 Å². The minimum absolute atomic E-state index is 0.210. The van der Waals surface area contributed by atoms with E-state index in [1.807, 2.05) is 0 Å². The lowest BCUT2D eigenvalue weighted by atomic mass is 9.76. The van der Waals surface area contributed by atoms with E-state index in [4.69, 9.17) is 0 Å². The van der Waals surface area contributed by atoms with Crippen LogP contribution in [0.4, 0.5) is 0 Å². The van der Waals surface area contributed by atoms with E-state index in [1.54, 1.807) is 0 Å². The molecule has 0 heteroatoms. The highest BCUT2D eigenvalue weighted by Gasteiger charge is 2.24. The second kappa shape index (κ2) is 18.2. The molecule has 4 aromatic carbocycles.